The lowest BCUT2D eigenvalue weighted by Gasteiger charge is -2.16. The number of carbonyl (C=O) groups is 1. The van der Waals surface area contributed by atoms with Crippen LogP contribution in [-0.2, 0) is 11.8 Å². The number of ether oxygens (including phenoxy) is 1. The molecule has 0 fully saturated rings. The highest BCUT2D eigenvalue weighted by molar-refractivity contribution is 6.33. The molecule has 0 atom stereocenters. The van der Waals surface area contributed by atoms with E-state index in [-0.39, 0.29) is 12.5 Å². The summed E-state index contributed by atoms with van der Waals surface area (Å²) in [6.45, 7) is 1.62. The minimum atomic E-state index is -0.170. The summed E-state index contributed by atoms with van der Waals surface area (Å²) in [5.41, 5.74) is 3.01. The summed E-state index contributed by atoms with van der Waals surface area (Å²) in [6, 6.07) is 12.6. The van der Waals surface area contributed by atoms with Crippen molar-refractivity contribution >= 4 is 40.5 Å². The lowest BCUT2D eigenvalue weighted by molar-refractivity contribution is -0.114. The lowest BCUT2D eigenvalue weighted by Crippen LogP contribution is -2.21. The van der Waals surface area contributed by atoms with Crippen molar-refractivity contribution in [2.45, 2.75) is 6.42 Å². The first-order valence-corrected chi connectivity index (χ1v) is 11.0. The second-order valence-electron chi connectivity index (χ2n) is 7.59. The third-order valence-corrected chi connectivity index (χ3v) is 5.25. The molecule has 0 radical (unpaired) electrons. The number of amides is 1. The molecule has 1 aromatic heterocycles. The molecule has 0 saturated carbocycles. The molecule has 0 unspecified atom stereocenters. The molecule has 3 rings (SSSR count). The maximum absolute atomic E-state index is 12.3. The summed E-state index contributed by atoms with van der Waals surface area (Å²) in [5, 5.41) is 11.4. The average Bonchev–Trinajstić information content (AvgIpc) is 3.09. The summed E-state index contributed by atoms with van der Waals surface area (Å²) in [7, 11) is 5.89. The van der Waals surface area contributed by atoms with Crippen LogP contribution in [0.5, 0.6) is 5.75 Å². The first kappa shape index (κ1) is 23.9. The third-order valence-electron chi connectivity index (χ3n) is 4.72. The Kier molecular flexibility index (Phi) is 8.39. The maximum Gasteiger partial charge on any atom is 0.243 e. The molecule has 7 nitrogen and oxygen atoms in total. The highest BCUT2D eigenvalue weighted by Crippen LogP contribution is 2.36. The van der Waals surface area contributed by atoms with Gasteiger partial charge < -0.3 is 20.3 Å². The Bertz CT molecular complexity index is 1030. The normalized spacial score (nSPS) is 10.9. The predicted molar refractivity (Wildman–Crippen MR) is 131 cm³/mol. The van der Waals surface area contributed by atoms with Gasteiger partial charge in [0.25, 0.3) is 0 Å². The van der Waals surface area contributed by atoms with Crippen LogP contribution >= 0.6 is 23.2 Å². The SMILES string of the molecule is CN(C)CCCOc1ccc(NCC(=O)Nc2ccc(Cl)cc2)cc1-c1c(Cl)cnn1C. The highest BCUT2D eigenvalue weighted by atomic mass is 35.5. The van der Waals surface area contributed by atoms with E-state index in [2.05, 4.69) is 20.6 Å². The summed E-state index contributed by atoms with van der Waals surface area (Å²) in [5.74, 6) is 0.543. The Hall–Kier alpha value is -2.74. The van der Waals surface area contributed by atoms with Gasteiger partial charge in [-0.25, -0.2) is 0 Å². The number of nitrogens with zero attached hydrogens (tertiary/aromatic N) is 3. The number of benzene rings is 2. The molecule has 0 aliphatic heterocycles. The van der Waals surface area contributed by atoms with Gasteiger partial charge in [0, 0.05) is 35.6 Å². The first-order chi connectivity index (χ1) is 15.3. The molecule has 2 aromatic carbocycles. The minimum absolute atomic E-state index is 0.101. The van der Waals surface area contributed by atoms with Gasteiger partial charge in [-0.2, -0.15) is 5.10 Å². The molecular formula is C23H27Cl2N5O2. The standard InChI is InChI=1S/C23H27Cl2N5O2/c1-29(2)11-4-12-32-21-10-9-18(13-19(21)23-20(25)14-27-30(23)3)26-15-22(31)28-17-7-5-16(24)6-8-17/h5-10,13-14,26H,4,11-12,15H2,1-3H3,(H,28,31). The highest BCUT2D eigenvalue weighted by Gasteiger charge is 2.16. The molecule has 0 aliphatic carbocycles. The van der Waals surface area contributed by atoms with Gasteiger partial charge in [0.05, 0.1) is 30.1 Å². The van der Waals surface area contributed by atoms with E-state index in [0.717, 1.165) is 29.9 Å². The van der Waals surface area contributed by atoms with Crippen LogP contribution in [0, 0.1) is 0 Å². The van der Waals surface area contributed by atoms with E-state index in [9.17, 15) is 4.79 Å². The van der Waals surface area contributed by atoms with Crippen LogP contribution in [0.2, 0.25) is 10.0 Å². The van der Waals surface area contributed by atoms with Crippen molar-refractivity contribution in [3.05, 3.63) is 58.7 Å². The predicted octanol–water partition coefficient (Wildman–Crippen LogP) is 4.78. The molecule has 170 valence electrons. The van der Waals surface area contributed by atoms with Gasteiger partial charge in [0.2, 0.25) is 5.91 Å². The van der Waals surface area contributed by atoms with Crippen LogP contribution in [0.15, 0.2) is 48.7 Å². The largest absolute Gasteiger partial charge is 0.493 e. The van der Waals surface area contributed by atoms with Gasteiger partial charge in [0.1, 0.15) is 5.75 Å². The van der Waals surface area contributed by atoms with E-state index in [4.69, 9.17) is 27.9 Å². The van der Waals surface area contributed by atoms with E-state index in [1.165, 1.54) is 0 Å². The smallest absolute Gasteiger partial charge is 0.243 e. The molecule has 0 spiro atoms. The van der Waals surface area contributed by atoms with Gasteiger partial charge in [-0.15, -0.1) is 0 Å². The van der Waals surface area contributed by atoms with Crippen LogP contribution < -0.4 is 15.4 Å². The molecule has 1 amide bonds. The van der Waals surface area contributed by atoms with E-state index in [1.807, 2.05) is 39.3 Å². The zero-order valence-electron chi connectivity index (χ0n) is 18.4. The monoisotopic (exact) mass is 475 g/mol. The number of halogens is 2. The van der Waals surface area contributed by atoms with Crippen molar-refractivity contribution in [2.75, 3.05) is 44.4 Å². The van der Waals surface area contributed by atoms with Crippen LogP contribution in [0.25, 0.3) is 11.3 Å². The van der Waals surface area contributed by atoms with Gasteiger partial charge in [-0.1, -0.05) is 23.2 Å². The fourth-order valence-electron chi connectivity index (χ4n) is 3.15. The quantitative estimate of drug-likeness (QED) is 0.413. The fourth-order valence-corrected chi connectivity index (χ4v) is 3.54. The second kappa shape index (κ2) is 11.2. The van der Waals surface area contributed by atoms with E-state index < -0.39 is 0 Å². The van der Waals surface area contributed by atoms with Crippen LogP contribution in [0.3, 0.4) is 0 Å². The fraction of sp³-hybridized carbons (Fsp3) is 0.304. The van der Waals surface area contributed by atoms with E-state index in [0.29, 0.717) is 28.1 Å². The molecule has 3 aromatic rings. The Morgan fingerprint density at radius 3 is 2.50 bits per heavy atom. The van der Waals surface area contributed by atoms with Gasteiger partial charge in [-0.05, 0) is 63.0 Å². The number of nitrogens with one attached hydrogen (secondary N) is 2. The van der Waals surface area contributed by atoms with Crippen LogP contribution in [0.4, 0.5) is 11.4 Å². The zero-order chi connectivity index (χ0) is 23.1. The van der Waals surface area contributed by atoms with Gasteiger partial charge >= 0.3 is 0 Å². The summed E-state index contributed by atoms with van der Waals surface area (Å²) >= 11 is 12.3. The topological polar surface area (TPSA) is 71.4 Å². The van der Waals surface area contributed by atoms with Crippen molar-refractivity contribution in [1.29, 1.82) is 0 Å². The molecule has 9 heteroatoms. The molecular weight excluding hydrogens is 449 g/mol. The second-order valence-corrected chi connectivity index (χ2v) is 8.43. The molecule has 0 saturated heterocycles. The Labute approximate surface area is 198 Å². The summed E-state index contributed by atoms with van der Waals surface area (Å²) < 4.78 is 7.76. The molecule has 32 heavy (non-hydrogen) atoms. The summed E-state index contributed by atoms with van der Waals surface area (Å²) in [4.78, 5) is 14.4. The summed E-state index contributed by atoms with van der Waals surface area (Å²) in [6.07, 6.45) is 2.50. The van der Waals surface area contributed by atoms with Gasteiger partial charge in [-0.3, -0.25) is 9.48 Å². The number of anilines is 2. The first-order valence-electron chi connectivity index (χ1n) is 10.2. The Balaban J connectivity index is 1.71. The van der Waals surface area contributed by atoms with Crippen molar-refractivity contribution in [3.63, 3.8) is 0 Å². The number of aromatic nitrogens is 2. The van der Waals surface area contributed by atoms with E-state index in [1.54, 1.807) is 35.1 Å². The molecule has 0 bridgehead atoms. The number of rotatable bonds is 10. The number of hydrogen-bond donors (Lipinski definition) is 2. The van der Waals surface area contributed by atoms with E-state index >= 15 is 0 Å². The minimum Gasteiger partial charge on any atom is -0.493 e. The van der Waals surface area contributed by atoms with Crippen molar-refractivity contribution < 1.29 is 9.53 Å². The van der Waals surface area contributed by atoms with Gasteiger partial charge in [0.15, 0.2) is 0 Å². The van der Waals surface area contributed by atoms with Crippen LogP contribution in [-0.4, -0.2) is 54.4 Å². The Morgan fingerprint density at radius 2 is 1.84 bits per heavy atom. The molecule has 2 N–H and O–H groups in total. The van der Waals surface area contributed by atoms with Crippen molar-refractivity contribution in [1.82, 2.24) is 14.7 Å². The molecule has 0 aliphatic rings. The average molecular weight is 476 g/mol. The number of aryl methyl sites for hydroxylation is 1. The maximum atomic E-state index is 12.3. The van der Waals surface area contributed by atoms with Crippen molar-refractivity contribution in [3.8, 4) is 17.0 Å². The third kappa shape index (κ3) is 6.63. The zero-order valence-corrected chi connectivity index (χ0v) is 19.9. The Morgan fingerprint density at radius 1 is 1.12 bits per heavy atom. The lowest BCUT2D eigenvalue weighted by atomic mass is 10.1. The number of carbonyl (C=O) groups excluding carboxylic acids is 1. The molecule has 1 heterocycles. The van der Waals surface area contributed by atoms with Crippen LogP contribution in [0.1, 0.15) is 6.42 Å². The number of hydrogen-bond acceptors (Lipinski definition) is 5. The van der Waals surface area contributed by atoms with Crippen molar-refractivity contribution in [2.24, 2.45) is 7.05 Å².